The van der Waals surface area contributed by atoms with Crippen molar-refractivity contribution in [3.05, 3.63) is 134 Å². The summed E-state index contributed by atoms with van der Waals surface area (Å²) < 4.78 is 16.6. The fraction of sp³-hybridized carbons (Fsp3) is 0.370. The van der Waals surface area contributed by atoms with Gasteiger partial charge in [-0.3, -0.25) is 38.1 Å². The standard InChI is InChI=1S/C27H30N8O4.C17H21ClN4O3.C10H10N4O/c1-16-28-11-10-22(30-16)34-12-6-7-19(25(34)37)31-21-14-23(33(5)26(38)39-27(2,3)4)35-24(32-21)18(15-29-35)20(36)13-17-8-9-17;1-17(2,3)25-16(24)21(4)14-8-13(18)20-15-11(9-19-22(14)15)12(23)7-10-5-6-10;1-7-12-5-4-9(13-7)14-6-2-3-8(11)10(14)15/h6-7,10-12,14-15,17H,8-9,13H2,1-5H3,(H,31,32);8-10H,5-7H2,1-4H3;2-6H,11H2,1H3. The number of Topliss-reactive ketones (excluding diaryl/α,β-unsaturated/α-hetero) is 2. The molecule has 0 saturated heterocycles. The molecule has 25 heteroatoms. The quantitative estimate of drug-likeness (QED) is 0.0858. The van der Waals surface area contributed by atoms with Gasteiger partial charge in [-0.2, -0.15) is 19.2 Å². The van der Waals surface area contributed by atoms with E-state index in [0.29, 0.717) is 76.4 Å². The number of pyridine rings is 2. The van der Waals surface area contributed by atoms with Gasteiger partial charge < -0.3 is 20.5 Å². The third-order valence-corrected chi connectivity index (χ3v) is 12.2. The number of ketones is 2. The topological polar surface area (TPSA) is 287 Å². The van der Waals surface area contributed by atoms with E-state index in [-0.39, 0.29) is 50.7 Å². The molecule has 8 aromatic rings. The van der Waals surface area contributed by atoms with Crippen LogP contribution in [0.5, 0.6) is 0 Å². The maximum atomic E-state index is 13.3. The zero-order chi connectivity index (χ0) is 57.1. The van der Waals surface area contributed by atoms with Crippen LogP contribution < -0.4 is 32.0 Å². The number of nitrogens with one attached hydrogen (secondary N) is 1. The van der Waals surface area contributed by atoms with Gasteiger partial charge in [0.2, 0.25) is 0 Å². The Morgan fingerprint density at radius 1 is 0.671 bits per heavy atom. The van der Waals surface area contributed by atoms with E-state index in [1.165, 1.54) is 46.4 Å². The Morgan fingerprint density at radius 2 is 1.13 bits per heavy atom. The Kier molecular flexibility index (Phi) is 16.4. The highest BCUT2D eigenvalue weighted by Gasteiger charge is 2.31. The first-order valence-corrected chi connectivity index (χ1v) is 25.7. The first kappa shape index (κ1) is 56.3. The van der Waals surface area contributed by atoms with Gasteiger partial charge in [0.25, 0.3) is 11.1 Å². The number of aromatic nitrogens is 12. The number of halogens is 1. The lowest BCUT2D eigenvalue weighted by Gasteiger charge is -2.25. The SMILES string of the molecule is CN(C(=O)OC(C)(C)C)c1cc(Cl)nc2c(C(=O)CC3CC3)cnn12.Cc1nccc(-n2cccc(N)c2=O)n1.Cc1nccc(-n2cccc(Nc3cc(N(C)C(=O)OC(C)(C)C)n4ncc(C(=O)CC5CC5)c4n3)c2=O)n1. The lowest BCUT2D eigenvalue weighted by Crippen LogP contribution is -2.35. The molecule has 0 atom stereocenters. The number of aryl methyl sites for hydroxylation is 2. The molecule has 0 aliphatic heterocycles. The van der Waals surface area contributed by atoms with E-state index in [9.17, 15) is 28.8 Å². The van der Waals surface area contributed by atoms with Crippen LogP contribution in [-0.4, -0.2) is 107 Å². The molecule has 3 N–H and O–H groups in total. The molecule has 10 rings (SSSR count). The highest BCUT2D eigenvalue weighted by Crippen LogP contribution is 2.36. The summed E-state index contributed by atoms with van der Waals surface area (Å²) in [5, 5.41) is 11.8. The van der Waals surface area contributed by atoms with Gasteiger partial charge in [-0.25, -0.2) is 39.5 Å². The fourth-order valence-electron chi connectivity index (χ4n) is 7.79. The first-order chi connectivity index (χ1) is 37.3. The lowest BCUT2D eigenvalue weighted by atomic mass is 10.1. The number of fused-ring (bicyclic) bond motifs is 2. The molecule has 24 nitrogen and oxygen atoms in total. The molecule has 412 valence electrons. The average molecular weight is 1100 g/mol. The van der Waals surface area contributed by atoms with Crippen LogP contribution in [0.3, 0.4) is 0 Å². The molecule has 2 amide bonds. The predicted octanol–water partition coefficient (Wildman–Crippen LogP) is 8.33. The van der Waals surface area contributed by atoms with E-state index in [1.807, 2.05) is 0 Å². The van der Waals surface area contributed by atoms with Crippen LogP contribution in [0.1, 0.15) is 112 Å². The van der Waals surface area contributed by atoms with Crippen molar-refractivity contribution < 1.29 is 28.7 Å². The molecule has 2 fully saturated rings. The zero-order valence-corrected chi connectivity index (χ0v) is 46.2. The van der Waals surface area contributed by atoms with Gasteiger partial charge in [-0.15, -0.1) is 0 Å². The monoisotopic (exact) mass is 1100 g/mol. The van der Waals surface area contributed by atoms with Gasteiger partial charge in [-0.1, -0.05) is 11.6 Å². The number of nitrogens with zero attached hydrogens (tertiary/aromatic N) is 14. The van der Waals surface area contributed by atoms with Crippen molar-refractivity contribution in [2.75, 3.05) is 34.9 Å². The smallest absolute Gasteiger partial charge is 0.415 e. The van der Waals surface area contributed by atoms with Gasteiger partial charge in [0.05, 0.1) is 29.2 Å². The van der Waals surface area contributed by atoms with Crippen molar-refractivity contribution in [2.24, 2.45) is 11.8 Å². The molecular formula is C54H61ClN16O8. The third kappa shape index (κ3) is 14.0. The van der Waals surface area contributed by atoms with Crippen molar-refractivity contribution in [1.82, 2.24) is 58.3 Å². The zero-order valence-electron chi connectivity index (χ0n) is 45.5. The number of anilines is 5. The highest BCUT2D eigenvalue weighted by atomic mass is 35.5. The summed E-state index contributed by atoms with van der Waals surface area (Å²) >= 11 is 6.12. The summed E-state index contributed by atoms with van der Waals surface area (Å²) in [6.45, 7) is 14.2. The molecular weight excluding hydrogens is 1040 g/mol. The van der Waals surface area contributed by atoms with E-state index in [4.69, 9.17) is 26.8 Å². The minimum Gasteiger partial charge on any atom is -0.443 e. The second-order valence-corrected chi connectivity index (χ2v) is 21.4. The molecule has 79 heavy (non-hydrogen) atoms. The Labute approximate surface area is 458 Å². The number of ether oxygens (including phenoxy) is 2. The van der Waals surface area contributed by atoms with Crippen LogP contribution >= 0.6 is 11.6 Å². The molecule has 2 saturated carbocycles. The number of nitrogen functional groups attached to an aromatic ring is 1. The summed E-state index contributed by atoms with van der Waals surface area (Å²) in [5.74, 6) is 3.82. The van der Waals surface area contributed by atoms with Gasteiger partial charge in [0.1, 0.15) is 62.8 Å². The maximum Gasteiger partial charge on any atom is 0.415 e. The van der Waals surface area contributed by atoms with Crippen LogP contribution in [-0.2, 0) is 9.47 Å². The summed E-state index contributed by atoms with van der Waals surface area (Å²) in [4.78, 5) is 104. The number of carbonyl (C=O) groups is 4. The third-order valence-electron chi connectivity index (χ3n) is 12.0. The maximum absolute atomic E-state index is 13.3. The van der Waals surface area contributed by atoms with Crippen molar-refractivity contribution in [3.63, 3.8) is 0 Å². The van der Waals surface area contributed by atoms with Crippen LogP contribution in [0.15, 0.2) is 95.3 Å². The van der Waals surface area contributed by atoms with Crippen LogP contribution in [0.25, 0.3) is 22.9 Å². The minimum atomic E-state index is -0.720. The Balaban J connectivity index is 0.000000174. The Bertz CT molecular complexity index is 3740. The molecule has 2 aliphatic rings. The number of hydrogen-bond acceptors (Lipinski definition) is 18. The van der Waals surface area contributed by atoms with Crippen LogP contribution in [0.4, 0.5) is 38.4 Å². The largest absolute Gasteiger partial charge is 0.443 e. The van der Waals surface area contributed by atoms with Gasteiger partial charge in [-0.05, 0) is 129 Å². The van der Waals surface area contributed by atoms with Crippen LogP contribution in [0, 0.1) is 25.7 Å². The minimum absolute atomic E-state index is 0.00172. The number of nitrogens with two attached hydrogens (primary N) is 1. The molecule has 0 radical (unpaired) electrons. The van der Waals surface area contributed by atoms with E-state index in [1.54, 1.807) is 137 Å². The summed E-state index contributed by atoms with van der Waals surface area (Å²) in [5.41, 5.74) is 5.37. The molecule has 0 spiro atoms. The molecule has 0 unspecified atom stereocenters. The van der Waals surface area contributed by atoms with Gasteiger partial charge >= 0.3 is 12.2 Å². The molecule has 2 aliphatic carbocycles. The van der Waals surface area contributed by atoms with Gasteiger partial charge in [0.15, 0.2) is 22.9 Å². The molecule has 0 bridgehead atoms. The van der Waals surface area contributed by atoms with Crippen molar-refractivity contribution in [3.8, 4) is 11.6 Å². The van der Waals surface area contributed by atoms with Crippen molar-refractivity contribution in [1.29, 1.82) is 0 Å². The molecule has 8 heterocycles. The van der Waals surface area contributed by atoms with E-state index < -0.39 is 23.4 Å². The second-order valence-electron chi connectivity index (χ2n) is 21.0. The summed E-state index contributed by atoms with van der Waals surface area (Å²) in [6, 6.07) is 13.0. The fourth-order valence-corrected chi connectivity index (χ4v) is 7.97. The summed E-state index contributed by atoms with van der Waals surface area (Å²) in [6.07, 6.45) is 13.4. The normalized spacial score (nSPS) is 13.2. The van der Waals surface area contributed by atoms with E-state index in [0.717, 1.165) is 25.7 Å². The summed E-state index contributed by atoms with van der Waals surface area (Å²) in [7, 11) is 3.11. The number of amides is 2. The van der Waals surface area contributed by atoms with E-state index >= 15 is 0 Å². The van der Waals surface area contributed by atoms with Crippen LogP contribution in [0.2, 0.25) is 5.15 Å². The molecule has 0 aromatic carbocycles. The number of carbonyl (C=O) groups excluding carboxylic acids is 4. The Hall–Kier alpha value is -8.93. The Morgan fingerprint density at radius 3 is 1.59 bits per heavy atom. The average Bonchev–Trinajstić information content (AvgIpc) is 4.36. The van der Waals surface area contributed by atoms with E-state index in [2.05, 4.69) is 45.4 Å². The van der Waals surface area contributed by atoms with Gasteiger partial charge in [0, 0.05) is 63.9 Å². The lowest BCUT2D eigenvalue weighted by molar-refractivity contribution is 0.0577. The second kappa shape index (κ2) is 23.0. The molecule has 8 aromatic heterocycles. The highest BCUT2D eigenvalue weighted by molar-refractivity contribution is 6.30. The first-order valence-electron chi connectivity index (χ1n) is 25.3. The van der Waals surface area contributed by atoms with Crippen molar-refractivity contribution in [2.45, 2.75) is 105 Å². The van der Waals surface area contributed by atoms with Crippen molar-refractivity contribution >= 4 is 75.5 Å². The number of rotatable bonds is 12. The predicted molar refractivity (Wildman–Crippen MR) is 296 cm³/mol. The number of hydrogen-bond donors (Lipinski definition) is 2.